The number of likely N-dealkylation sites (tertiary alicyclic amines) is 1. The number of carbonyl (C=O) groups is 2. The number of nitrogens with zero attached hydrogens (tertiary/aromatic N) is 1. The van der Waals surface area contributed by atoms with E-state index in [1.165, 1.54) is 4.90 Å². The number of amides is 2. The molecule has 4 nitrogen and oxygen atoms in total. The van der Waals surface area contributed by atoms with Crippen LogP contribution in [0.2, 0.25) is 0 Å². The molecule has 0 aromatic carbocycles. The summed E-state index contributed by atoms with van der Waals surface area (Å²) in [6, 6.07) is -0.0673. The highest BCUT2D eigenvalue weighted by molar-refractivity contribution is 5.92. The summed E-state index contributed by atoms with van der Waals surface area (Å²) in [7, 11) is 0. The molecule has 2 atom stereocenters. The Labute approximate surface area is 103 Å². The van der Waals surface area contributed by atoms with Crippen molar-refractivity contribution in [1.82, 2.24) is 4.90 Å². The van der Waals surface area contributed by atoms with Gasteiger partial charge in [-0.05, 0) is 46.5 Å². The van der Waals surface area contributed by atoms with Gasteiger partial charge in [-0.3, -0.25) is 4.79 Å². The summed E-state index contributed by atoms with van der Waals surface area (Å²) in [5.74, 6) is 0.231. The van der Waals surface area contributed by atoms with Crippen LogP contribution in [0.1, 0.15) is 53.9 Å². The molecule has 0 aromatic heterocycles. The standard InChI is InChI=1S/C13H23NO3/c1-9-6-7-10(2)14(11(15)8-9)12(16)17-13(3,4)5/h9-10H,6-8H2,1-5H3/t9-,10-/m1/s1. The van der Waals surface area contributed by atoms with Gasteiger partial charge < -0.3 is 4.74 Å². The van der Waals surface area contributed by atoms with E-state index in [0.717, 1.165) is 12.8 Å². The van der Waals surface area contributed by atoms with Crippen LogP contribution in [0.5, 0.6) is 0 Å². The van der Waals surface area contributed by atoms with E-state index in [0.29, 0.717) is 12.3 Å². The van der Waals surface area contributed by atoms with Crippen LogP contribution >= 0.6 is 0 Å². The Kier molecular flexibility index (Phi) is 4.17. The maximum atomic E-state index is 12.0. The average Bonchev–Trinajstić information content (AvgIpc) is 2.22. The number of carbonyl (C=O) groups excluding carboxylic acids is 2. The van der Waals surface area contributed by atoms with Gasteiger partial charge in [0, 0.05) is 12.5 Å². The van der Waals surface area contributed by atoms with Crippen LogP contribution in [0.15, 0.2) is 0 Å². The van der Waals surface area contributed by atoms with Gasteiger partial charge in [0.2, 0.25) is 5.91 Å². The van der Waals surface area contributed by atoms with Crippen LogP contribution in [0, 0.1) is 5.92 Å². The van der Waals surface area contributed by atoms with Gasteiger partial charge in [0.05, 0.1) is 0 Å². The SMILES string of the molecule is C[C@@H]1CC[C@@H](C)N(C(=O)OC(C)(C)C)C(=O)C1. The normalized spacial score (nSPS) is 26.6. The summed E-state index contributed by atoms with van der Waals surface area (Å²) in [6.45, 7) is 9.37. The summed E-state index contributed by atoms with van der Waals surface area (Å²) in [4.78, 5) is 25.3. The Morgan fingerprint density at radius 2 is 1.88 bits per heavy atom. The summed E-state index contributed by atoms with van der Waals surface area (Å²) < 4.78 is 5.27. The predicted octanol–water partition coefficient (Wildman–Crippen LogP) is 2.96. The van der Waals surface area contributed by atoms with E-state index < -0.39 is 11.7 Å². The molecule has 0 aromatic rings. The molecule has 1 aliphatic heterocycles. The minimum atomic E-state index is -0.561. The third kappa shape index (κ3) is 4.02. The first-order valence-corrected chi connectivity index (χ1v) is 6.25. The van der Waals surface area contributed by atoms with Gasteiger partial charge in [-0.2, -0.15) is 0 Å². The number of hydrogen-bond donors (Lipinski definition) is 0. The van der Waals surface area contributed by atoms with Gasteiger partial charge in [0.25, 0.3) is 0 Å². The Hall–Kier alpha value is -1.06. The number of ether oxygens (including phenoxy) is 1. The maximum Gasteiger partial charge on any atom is 0.417 e. The molecule has 0 aliphatic carbocycles. The molecule has 1 rings (SSSR count). The van der Waals surface area contributed by atoms with Gasteiger partial charge in [0.15, 0.2) is 0 Å². The number of rotatable bonds is 0. The Balaban J connectivity index is 2.78. The highest BCUT2D eigenvalue weighted by atomic mass is 16.6. The third-order valence-corrected chi connectivity index (χ3v) is 2.90. The topological polar surface area (TPSA) is 46.6 Å². The molecular weight excluding hydrogens is 218 g/mol. The third-order valence-electron chi connectivity index (χ3n) is 2.90. The van der Waals surface area contributed by atoms with Crippen molar-refractivity contribution >= 4 is 12.0 Å². The van der Waals surface area contributed by atoms with Crippen molar-refractivity contribution in [3.8, 4) is 0 Å². The molecule has 0 saturated carbocycles. The van der Waals surface area contributed by atoms with Crippen LogP contribution in [0.25, 0.3) is 0 Å². The molecular formula is C13H23NO3. The molecule has 2 amide bonds. The van der Waals surface area contributed by atoms with E-state index in [9.17, 15) is 9.59 Å². The molecule has 1 aliphatic rings. The smallest absolute Gasteiger partial charge is 0.417 e. The van der Waals surface area contributed by atoms with E-state index >= 15 is 0 Å². The molecule has 1 saturated heterocycles. The number of hydrogen-bond acceptors (Lipinski definition) is 3. The Morgan fingerprint density at radius 3 is 2.41 bits per heavy atom. The maximum absolute atomic E-state index is 12.0. The molecule has 98 valence electrons. The summed E-state index contributed by atoms with van der Waals surface area (Å²) in [6.07, 6.45) is 1.76. The quantitative estimate of drug-likeness (QED) is 0.655. The number of imide groups is 1. The monoisotopic (exact) mass is 241 g/mol. The summed E-state index contributed by atoms with van der Waals surface area (Å²) >= 11 is 0. The molecule has 0 N–H and O–H groups in total. The zero-order valence-corrected chi connectivity index (χ0v) is 11.4. The minimum Gasteiger partial charge on any atom is -0.443 e. The van der Waals surface area contributed by atoms with Crippen molar-refractivity contribution in [2.75, 3.05) is 0 Å². The fraction of sp³-hybridized carbons (Fsp3) is 0.846. The highest BCUT2D eigenvalue weighted by Gasteiger charge is 2.33. The zero-order valence-electron chi connectivity index (χ0n) is 11.4. The second kappa shape index (κ2) is 5.07. The van der Waals surface area contributed by atoms with Crippen LogP contribution in [0.3, 0.4) is 0 Å². The molecule has 1 fully saturated rings. The second-order valence-corrected chi connectivity index (χ2v) is 5.98. The van der Waals surface area contributed by atoms with Crippen molar-refractivity contribution in [3.63, 3.8) is 0 Å². The van der Waals surface area contributed by atoms with Crippen molar-refractivity contribution in [1.29, 1.82) is 0 Å². The molecule has 1 heterocycles. The lowest BCUT2D eigenvalue weighted by Crippen LogP contribution is -2.45. The lowest BCUT2D eigenvalue weighted by Gasteiger charge is -2.28. The van der Waals surface area contributed by atoms with Crippen molar-refractivity contribution in [3.05, 3.63) is 0 Å². The van der Waals surface area contributed by atoms with E-state index in [-0.39, 0.29) is 11.9 Å². The second-order valence-electron chi connectivity index (χ2n) is 5.98. The van der Waals surface area contributed by atoms with Crippen molar-refractivity contribution in [2.24, 2.45) is 5.92 Å². The molecule has 4 heteroatoms. The molecule has 0 radical (unpaired) electrons. The van der Waals surface area contributed by atoms with Gasteiger partial charge in [-0.1, -0.05) is 6.92 Å². The lowest BCUT2D eigenvalue weighted by molar-refractivity contribution is -0.132. The highest BCUT2D eigenvalue weighted by Crippen LogP contribution is 2.24. The Bertz CT molecular complexity index is 306. The van der Waals surface area contributed by atoms with Crippen LogP contribution < -0.4 is 0 Å². The van der Waals surface area contributed by atoms with Gasteiger partial charge in [0.1, 0.15) is 5.60 Å². The van der Waals surface area contributed by atoms with E-state index in [1.807, 2.05) is 13.8 Å². The first-order chi connectivity index (χ1) is 7.70. The molecule has 0 bridgehead atoms. The summed E-state index contributed by atoms with van der Waals surface area (Å²) in [5.41, 5.74) is -0.561. The van der Waals surface area contributed by atoms with Crippen LogP contribution in [-0.4, -0.2) is 28.5 Å². The predicted molar refractivity (Wildman–Crippen MR) is 65.6 cm³/mol. The van der Waals surface area contributed by atoms with Gasteiger partial charge in [-0.25, -0.2) is 9.69 Å². The van der Waals surface area contributed by atoms with E-state index in [2.05, 4.69) is 0 Å². The Morgan fingerprint density at radius 1 is 1.29 bits per heavy atom. The fourth-order valence-corrected chi connectivity index (χ4v) is 1.99. The fourth-order valence-electron chi connectivity index (χ4n) is 1.99. The van der Waals surface area contributed by atoms with Gasteiger partial charge in [-0.15, -0.1) is 0 Å². The first-order valence-electron chi connectivity index (χ1n) is 6.25. The molecule has 0 spiro atoms. The largest absolute Gasteiger partial charge is 0.443 e. The zero-order chi connectivity index (χ0) is 13.2. The van der Waals surface area contributed by atoms with Gasteiger partial charge >= 0.3 is 6.09 Å². The molecule has 17 heavy (non-hydrogen) atoms. The minimum absolute atomic E-state index is 0.0673. The van der Waals surface area contributed by atoms with E-state index in [1.54, 1.807) is 20.8 Å². The van der Waals surface area contributed by atoms with Crippen LogP contribution in [-0.2, 0) is 9.53 Å². The lowest BCUT2D eigenvalue weighted by atomic mass is 10.0. The molecule has 0 unspecified atom stereocenters. The summed E-state index contributed by atoms with van der Waals surface area (Å²) in [5, 5.41) is 0. The van der Waals surface area contributed by atoms with Crippen molar-refractivity contribution in [2.45, 2.75) is 65.5 Å². The first kappa shape index (κ1) is 14.0. The van der Waals surface area contributed by atoms with Crippen LogP contribution in [0.4, 0.5) is 4.79 Å². The van der Waals surface area contributed by atoms with Crippen molar-refractivity contribution < 1.29 is 14.3 Å². The van der Waals surface area contributed by atoms with E-state index in [4.69, 9.17) is 4.74 Å². The average molecular weight is 241 g/mol.